The minimum absolute atomic E-state index is 0.0193. The maximum Gasteiger partial charge on any atom is 0.241 e. The quantitative estimate of drug-likeness (QED) is 0.861. The van der Waals surface area contributed by atoms with Crippen LogP contribution in [0.4, 0.5) is 5.69 Å². The zero-order valence-electron chi connectivity index (χ0n) is 10.8. The van der Waals surface area contributed by atoms with Crippen LogP contribution in [0.25, 0.3) is 0 Å². The molecule has 6 heteroatoms. The van der Waals surface area contributed by atoms with E-state index in [4.69, 9.17) is 0 Å². The maximum atomic E-state index is 11.9. The van der Waals surface area contributed by atoms with Crippen LogP contribution < -0.4 is 10.6 Å². The molecule has 1 aromatic carbocycles. The molecule has 1 aromatic rings. The monoisotopic (exact) mass is 282 g/mol. The molecule has 1 atom stereocenters. The molecule has 1 aliphatic rings. The lowest BCUT2D eigenvalue weighted by atomic mass is 10.2. The van der Waals surface area contributed by atoms with E-state index in [-0.39, 0.29) is 17.7 Å². The highest BCUT2D eigenvalue weighted by atomic mass is 32.2. The summed E-state index contributed by atoms with van der Waals surface area (Å²) in [6.07, 6.45) is 3.08. The van der Waals surface area contributed by atoms with Gasteiger partial charge in [0.15, 0.2) is 9.84 Å². The average molecular weight is 282 g/mol. The summed E-state index contributed by atoms with van der Waals surface area (Å²) < 4.78 is 22.3. The Bertz CT molecular complexity index is 546. The lowest BCUT2D eigenvalue weighted by Gasteiger charge is -2.11. The fourth-order valence-electron chi connectivity index (χ4n) is 2.12. The molecule has 2 rings (SSSR count). The van der Waals surface area contributed by atoms with Crippen LogP contribution in [0.5, 0.6) is 0 Å². The largest absolute Gasteiger partial charge is 0.325 e. The van der Waals surface area contributed by atoms with E-state index >= 15 is 0 Å². The van der Waals surface area contributed by atoms with E-state index in [2.05, 4.69) is 10.6 Å². The number of amides is 1. The van der Waals surface area contributed by atoms with Crippen molar-refractivity contribution in [2.45, 2.75) is 24.6 Å². The fraction of sp³-hybridized carbons (Fsp3) is 0.462. The van der Waals surface area contributed by atoms with Crippen LogP contribution in [0, 0.1) is 0 Å². The Kier molecular flexibility index (Phi) is 4.21. The van der Waals surface area contributed by atoms with Gasteiger partial charge in [0.2, 0.25) is 5.91 Å². The molecular formula is C13H18N2O3S. The van der Waals surface area contributed by atoms with Crippen molar-refractivity contribution in [3.63, 3.8) is 0 Å². The number of carbonyl (C=O) groups is 1. The smallest absolute Gasteiger partial charge is 0.241 e. The minimum Gasteiger partial charge on any atom is -0.325 e. The summed E-state index contributed by atoms with van der Waals surface area (Å²) in [5.41, 5.74) is 1.41. The van der Waals surface area contributed by atoms with Crippen LogP contribution in [-0.4, -0.2) is 33.2 Å². The SMILES string of the molecule is CS(=O)(=O)Cc1ccc(NC(=O)C2CCCN2)cc1. The maximum absolute atomic E-state index is 11.9. The van der Waals surface area contributed by atoms with Crippen molar-refractivity contribution in [2.75, 3.05) is 18.1 Å². The van der Waals surface area contributed by atoms with Crippen molar-refractivity contribution in [1.82, 2.24) is 5.32 Å². The fourth-order valence-corrected chi connectivity index (χ4v) is 2.92. The number of nitrogens with one attached hydrogen (secondary N) is 2. The summed E-state index contributed by atoms with van der Waals surface area (Å²) >= 11 is 0. The number of sulfone groups is 1. The van der Waals surface area contributed by atoms with Gasteiger partial charge in [-0.2, -0.15) is 0 Å². The van der Waals surface area contributed by atoms with Crippen LogP contribution in [0.15, 0.2) is 24.3 Å². The highest BCUT2D eigenvalue weighted by Crippen LogP contribution is 2.13. The van der Waals surface area contributed by atoms with Gasteiger partial charge in [-0.25, -0.2) is 8.42 Å². The lowest BCUT2D eigenvalue weighted by Crippen LogP contribution is -2.35. The Morgan fingerprint density at radius 1 is 1.37 bits per heavy atom. The first-order valence-corrected chi connectivity index (χ1v) is 8.31. The molecule has 0 aliphatic carbocycles. The van der Waals surface area contributed by atoms with Gasteiger partial charge in [-0.1, -0.05) is 12.1 Å². The molecule has 1 amide bonds. The number of anilines is 1. The van der Waals surface area contributed by atoms with E-state index in [1.165, 1.54) is 6.26 Å². The molecule has 1 saturated heterocycles. The third-order valence-corrected chi connectivity index (χ3v) is 3.88. The van der Waals surface area contributed by atoms with Crippen LogP contribution in [0.2, 0.25) is 0 Å². The third-order valence-electron chi connectivity index (χ3n) is 3.03. The second-order valence-electron chi connectivity index (χ2n) is 4.91. The molecule has 2 N–H and O–H groups in total. The molecule has 104 valence electrons. The van der Waals surface area contributed by atoms with Crippen molar-refractivity contribution < 1.29 is 13.2 Å². The normalized spacial score (nSPS) is 19.3. The molecule has 0 radical (unpaired) electrons. The van der Waals surface area contributed by atoms with E-state index in [0.717, 1.165) is 24.9 Å². The Hall–Kier alpha value is -1.40. The number of hydrogen-bond donors (Lipinski definition) is 2. The topological polar surface area (TPSA) is 75.3 Å². The minimum atomic E-state index is -3.02. The zero-order valence-corrected chi connectivity index (χ0v) is 11.7. The summed E-state index contributed by atoms with van der Waals surface area (Å²) in [7, 11) is -3.02. The van der Waals surface area contributed by atoms with Gasteiger partial charge in [-0.3, -0.25) is 4.79 Å². The Labute approximate surface area is 113 Å². The number of benzene rings is 1. The van der Waals surface area contributed by atoms with Gasteiger partial charge in [-0.05, 0) is 37.1 Å². The molecule has 5 nitrogen and oxygen atoms in total. The molecule has 1 fully saturated rings. The zero-order chi connectivity index (χ0) is 13.9. The predicted molar refractivity (Wildman–Crippen MR) is 74.6 cm³/mol. The van der Waals surface area contributed by atoms with E-state index in [1.54, 1.807) is 24.3 Å². The molecule has 0 bridgehead atoms. The van der Waals surface area contributed by atoms with Gasteiger partial charge >= 0.3 is 0 Å². The number of carbonyl (C=O) groups excluding carboxylic acids is 1. The molecule has 19 heavy (non-hydrogen) atoms. The van der Waals surface area contributed by atoms with Gasteiger partial charge < -0.3 is 10.6 Å². The first-order valence-electron chi connectivity index (χ1n) is 6.25. The standard InChI is InChI=1S/C13H18N2O3S/c1-19(17,18)9-10-4-6-11(7-5-10)15-13(16)12-3-2-8-14-12/h4-7,12,14H,2-3,8-9H2,1H3,(H,15,16). The second-order valence-corrected chi connectivity index (χ2v) is 7.05. The van der Waals surface area contributed by atoms with Crippen LogP contribution in [-0.2, 0) is 20.4 Å². The molecule has 0 aromatic heterocycles. The molecule has 0 spiro atoms. The lowest BCUT2D eigenvalue weighted by molar-refractivity contribution is -0.117. The third kappa shape index (κ3) is 4.33. The number of rotatable bonds is 4. The van der Waals surface area contributed by atoms with E-state index < -0.39 is 9.84 Å². The Morgan fingerprint density at radius 2 is 2.05 bits per heavy atom. The molecule has 1 heterocycles. The highest BCUT2D eigenvalue weighted by molar-refractivity contribution is 7.89. The number of hydrogen-bond acceptors (Lipinski definition) is 4. The summed E-state index contributed by atoms with van der Waals surface area (Å²) in [6, 6.07) is 6.79. The van der Waals surface area contributed by atoms with Gasteiger partial charge in [0.1, 0.15) is 0 Å². The summed E-state index contributed by atoms with van der Waals surface area (Å²) in [6.45, 7) is 0.880. The van der Waals surface area contributed by atoms with Crippen molar-refractivity contribution >= 4 is 21.4 Å². The molecule has 1 unspecified atom stereocenters. The van der Waals surface area contributed by atoms with Crippen molar-refractivity contribution in [2.24, 2.45) is 0 Å². The second kappa shape index (κ2) is 5.71. The van der Waals surface area contributed by atoms with Gasteiger partial charge in [0, 0.05) is 11.9 Å². The average Bonchev–Trinajstić information content (AvgIpc) is 2.83. The van der Waals surface area contributed by atoms with Gasteiger partial charge in [-0.15, -0.1) is 0 Å². The molecule has 0 saturated carbocycles. The summed E-state index contributed by atoms with van der Waals surface area (Å²) in [5, 5.41) is 5.95. The van der Waals surface area contributed by atoms with Crippen molar-refractivity contribution in [3.8, 4) is 0 Å². The predicted octanol–water partition coefficient (Wildman–Crippen LogP) is 0.922. The first kappa shape index (κ1) is 14.0. The summed E-state index contributed by atoms with van der Waals surface area (Å²) in [4.78, 5) is 11.9. The molecule has 1 aliphatic heterocycles. The van der Waals surface area contributed by atoms with Crippen LogP contribution >= 0.6 is 0 Å². The Morgan fingerprint density at radius 3 is 2.58 bits per heavy atom. The van der Waals surface area contributed by atoms with Crippen molar-refractivity contribution in [3.05, 3.63) is 29.8 Å². The van der Waals surface area contributed by atoms with E-state index in [1.807, 2.05) is 0 Å². The van der Waals surface area contributed by atoms with Gasteiger partial charge in [0.05, 0.1) is 11.8 Å². The summed E-state index contributed by atoms with van der Waals surface area (Å²) in [5.74, 6) is -0.0147. The van der Waals surface area contributed by atoms with E-state index in [0.29, 0.717) is 5.69 Å². The van der Waals surface area contributed by atoms with Crippen LogP contribution in [0.1, 0.15) is 18.4 Å². The molecular weight excluding hydrogens is 264 g/mol. The van der Waals surface area contributed by atoms with E-state index in [9.17, 15) is 13.2 Å². The Balaban J connectivity index is 1.96. The highest BCUT2D eigenvalue weighted by Gasteiger charge is 2.21. The van der Waals surface area contributed by atoms with Crippen LogP contribution in [0.3, 0.4) is 0 Å². The van der Waals surface area contributed by atoms with Gasteiger partial charge in [0.25, 0.3) is 0 Å². The first-order chi connectivity index (χ1) is 8.94. The van der Waals surface area contributed by atoms with Crippen molar-refractivity contribution in [1.29, 1.82) is 0 Å².